The molecule has 4 nitrogen and oxygen atoms in total. The predicted molar refractivity (Wildman–Crippen MR) is 95.7 cm³/mol. The Balaban J connectivity index is 2.22. The van der Waals surface area contributed by atoms with Crippen molar-refractivity contribution in [3.8, 4) is 22.9 Å². The molecule has 0 radical (unpaired) electrons. The molecule has 0 atom stereocenters. The zero-order valence-corrected chi connectivity index (χ0v) is 15.4. The zero-order valence-electron chi connectivity index (χ0n) is 15.4. The van der Waals surface area contributed by atoms with Gasteiger partial charge in [0, 0.05) is 11.4 Å². The molecule has 1 aromatic carbocycles. The fraction of sp³-hybridized carbons (Fsp3) is 0.500. The molecule has 4 heteroatoms. The highest BCUT2D eigenvalue weighted by molar-refractivity contribution is 5.76. The zero-order chi connectivity index (χ0) is 17.8. The number of phenols is 2. The molecule has 1 aliphatic carbocycles. The summed E-state index contributed by atoms with van der Waals surface area (Å²) >= 11 is 0. The summed E-state index contributed by atoms with van der Waals surface area (Å²) in [4.78, 5) is 9.16. The Bertz CT molecular complexity index is 800. The first-order valence-corrected chi connectivity index (χ1v) is 8.57. The van der Waals surface area contributed by atoms with Gasteiger partial charge in [0.15, 0.2) is 5.82 Å². The van der Waals surface area contributed by atoms with Crippen molar-refractivity contribution in [2.24, 2.45) is 0 Å². The van der Waals surface area contributed by atoms with Crippen molar-refractivity contribution in [3.63, 3.8) is 0 Å². The third-order valence-corrected chi connectivity index (χ3v) is 5.24. The van der Waals surface area contributed by atoms with Crippen LogP contribution >= 0.6 is 0 Å². The van der Waals surface area contributed by atoms with Crippen LogP contribution in [0.25, 0.3) is 11.4 Å². The Hall–Kier alpha value is -2.10. The van der Waals surface area contributed by atoms with E-state index in [2.05, 4.69) is 37.7 Å². The van der Waals surface area contributed by atoms with E-state index in [0.29, 0.717) is 17.3 Å². The van der Waals surface area contributed by atoms with Gasteiger partial charge >= 0.3 is 0 Å². The molecular weight excluding hydrogens is 300 g/mol. The van der Waals surface area contributed by atoms with E-state index in [1.165, 1.54) is 0 Å². The average Bonchev–Trinajstić information content (AvgIpc) is 2.73. The fourth-order valence-electron chi connectivity index (χ4n) is 4.02. The number of benzene rings is 1. The van der Waals surface area contributed by atoms with E-state index in [1.54, 1.807) is 6.07 Å². The molecule has 1 aliphatic rings. The van der Waals surface area contributed by atoms with Gasteiger partial charge in [0.1, 0.15) is 17.1 Å². The van der Waals surface area contributed by atoms with Crippen LogP contribution in [-0.4, -0.2) is 20.2 Å². The fourth-order valence-corrected chi connectivity index (χ4v) is 4.02. The lowest BCUT2D eigenvalue weighted by Crippen LogP contribution is -2.12. The van der Waals surface area contributed by atoms with Crippen LogP contribution in [0.2, 0.25) is 0 Å². The molecule has 24 heavy (non-hydrogen) atoms. The van der Waals surface area contributed by atoms with E-state index in [9.17, 15) is 10.2 Å². The van der Waals surface area contributed by atoms with Gasteiger partial charge in [-0.3, -0.25) is 0 Å². The summed E-state index contributed by atoms with van der Waals surface area (Å²) in [5.41, 5.74) is 5.18. The van der Waals surface area contributed by atoms with Gasteiger partial charge in [0.05, 0.1) is 0 Å². The first kappa shape index (κ1) is 16.7. The lowest BCUT2D eigenvalue weighted by Gasteiger charge is -2.21. The number of aryl methyl sites for hydroxylation is 2. The largest absolute Gasteiger partial charge is 0.507 e. The molecule has 2 N–H and O–H groups in total. The Kier molecular flexibility index (Phi) is 3.82. The second-order valence-electron chi connectivity index (χ2n) is 7.82. The molecule has 0 bridgehead atoms. The summed E-state index contributed by atoms with van der Waals surface area (Å²) in [7, 11) is 0. The molecule has 128 valence electrons. The van der Waals surface area contributed by atoms with Crippen molar-refractivity contribution in [1.29, 1.82) is 0 Å². The van der Waals surface area contributed by atoms with Crippen LogP contribution < -0.4 is 0 Å². The molecule has 0 fully saturated rings. The van der Waals surface area contributed by atoms with Crippen LogP contribution in [0, 0.1) is 13.8 Å². The highest BCUT2D eigenvalue weighted by Crippen LogP contribution is 2.49. The third kappa shape index (κ3) is 2.45. The standard InChI is InChI=1S/C20H26N2O2/c1-10(2)16-11(3)21-19(22-12(16)4)17-15(23)9-14-13(18(17)24)7-8-20(14,5)6/h9-10,23-24H,7-8H2,1-6H3. The molecular formula is C20H26N2O2. The van der Waals surface area contributed by atoms with Crippen LogP contribution in [-0.2, 0) is 11.8 Å². The summed E-state index contributed by atoms with van der Waals surface area (Å²) in [5, 5.41) is 21.4. The minimum atomic E-state index is -0.0307. The Morgan fingerprint density at radius 2 is 1.67 bits per heavy atom. The van der Waals surface area contributed by atoms with Gasteiger partial charge in [-0.15, -0.1) is 0 Å². The molecule has 0 unspecified atom stereocenters. The molecule has 0 saturated carbocycles. The van der Waals surface area contributed by atoms with E-state index < -0.39 is 0 Å². The molecule has 1 heterocycles. The summed E-state index contributed by atoms with van der Waals surface area (Å²) < 4.78 is 0. The van der Waals surface area contributed by atoms with Gasteiger partial charge < -0.3 is 10.2 Å². The topological polar surface area (TPSA) is 66.2 Å². The average molecular weight is 326 g/mol. The molecule has 3 rings (SSSR count). The van der Waals surface area contributed by atoms with Crippen LogP contribution in [0.5, 0.6) is 11.5 Å². The monoisotopic (exact) mass is 326 g/mol. The normalized spacial score (nSPS) is 15.8. The number of phenolic OH excluding ortho intramolecular Hbond substituents is 2. The summed E-state index contributed by atoms with van der Waals surface area (Å²) in [6.07, 6.45) is 1.77. The predicted octanol–water partition coefficient (Wildman–Crippen LogP) is 4.52. The van der Waals surface area contributed by atoms with Gasteiger partial charge in [0.2, 0.25) is 0 Å². The Morgan fingerprint density at radius 1 is 1.08 bits per heavy atom. The minimum Gasteiger partial charge on any atom is -0.507 e. The Labute approximate surface area is 143 Å². The van der Waals surface area contributed by atoms with Crippen LogP contribution in [0.15, 0.2) is 6.07 Å². The number of fused-ring (bicyclic) bond motifs is 1. The summed E-state index contributed by atoms with van der Waals surface area (Å²) in [6.45, 7) is 12.4. The lowest BCUT2D eigenvalue weighted by molar-refractivity contribution is 0.448. The smallest absolute Gasteiger partial charge is 0.167 e. The minimum absolute atomic E-state index is 0.0307. The molecule has 0 aliphatic heterocycles. The number of aromatic hydroxyl groups is 2. The lowest BCUT2D eigenvalue weighted by atomic mass is 9.85. The van der Waals surface area contributed by atoms with E-state index in [-0.39, 0.29) is 16.9 Å². The molecule has 0 saturated heterocycles. The first-order chi connectivity index (χ1) is 11.1. The van der Waals surface area contributed by atoms with Gasteiger partial charge in [0.25, 0.3) is 0 Å². The number of nitrogens with zero attached hydrogens (tertiary/aromatic N) is 2. The van der Waals surface area contributed by atoms with Crippen molar-refractivity contribution < 1.29 is 10.2 Å². The van der Waals surface area contributed by atoms with E-state index in [4.69, 9.17) is 0 Å². The highest BCUT2D eigenvalue weighted by atomic mass is 16.3. The maximum Gasteiger partial charge on any atom is 0.167 e. The van der Waals surface area contributed by atoms with Gasteiger partial charge in [-0.2, -0.15) is 0 Å². The van der Waals surface area contributed by atoms with Crippen LogP contribution in [0.4, 0.5) is 0 Å². The van der Waals surface area contributed by atoms with Crippen molar-refractivity contribution >= 4 is 0 Å². The number of hydrogen-bond acceptors (Lipinski definition) is 4. The van der Waals surface area contributed by atoms with Crippen molar-refractivity contribution in [3.05, 3.63) is 34.1 Å². The second kappa shape index (κ2) is 5.47. The highest BCUT2D eigenvalue weighted by Gasteiger charge is 2.34. The van der Waals surface area contributed by atoms with Crippen LogP contribution in [0.3, 0.4) is 0 Å². The van der Waals surface area contributed by atoms with Gasteiger partial charge in [-0.05, 0) is 60.8 Å². The quantitative estimate of drug-likeness (QED) is 0.851. The van der Waals surface area contributed by atoms with Crippen molar-refractivity contribution in [1.82, 2.24) is 9.97 Å². The second-order valence-corrected chi connectivity index (χ2v) is 7.82. The summed E-state index contributed by atoms with van der Waals surface area (Å²) in [5.74, 6) is 0.919. The Morgan fingerprint density at radius 3 is 2.21 bits per heavy atom. The molecule has 0 spiro atoms. The number of hydrogen-bond donors (Lipinski definition) is 2. The number of rotatable bonds is 2. The van der Waals surface area contributed by atoms with Gasteiger partial charge in [-0.25, -0.2) is 9.97 Å². The molecule has 1 aromatic heterocycles. The SMILES string of the molecule is Cc1nc(-c2c(O)cc3c(c2O)CCC3(C)C)nc(C)c1C(C)C. The van der Waals surface area contributed by atoms with Crippen molar-refractivity contribution in [2.45, 2.75) is 65.7 Å². The third-order valence-electron chi connectivity index (χ3n) is 5.24. The van der Waals surface area contributed by atoms with E-state index in [0.717, 1.165) is 40.9 Å². The van der Waals surface area contributed by atoms with Gasteiger partial charge in [-0.1, -0.05) is 27.7 Å². The van der Waals surface area contributed by atoms with Crippen LogP contribution in [0.1, 0.15) is 68.1 Å². The van der Waals surface area contributed by atoms with E-state index >= 15 is 0 Å². The first-order valence-electron chi connectivity index (χ1n) is 8.57. The van der Waals surface area contributed by atoms with E-state index in [1.807, 2.05) is 13.8 Å². The van der Waals surface area contributed by atoms with Crippen molar-refractivity contribution in [2.75, 3.05) is 0 Å². The summed E-state index contributed by atoms with van der Waals surface area (Å²) in [6, 6.07) is 1.78. The molecule has 0 amide bonds. The number of aromatic nitrogens is 2. The maximum atomic E-state index is 10.8. The molecule has 2 aromatic rings. The maximum absolute atomic E-state index is 10.8.